The molecule has 6 nitrogen and oxygen atoms in total. The van der Waals surface area contributed by atoms with Crippen molar-refractivity contribution in [2.45, 2.75) is 65.0 Å². The highest BCUT2D eigenvalue weighted by molar-refractivity contribution is 5.80. The molecule has 2 unspecified atom stereocenters. The van der Waals surface area contributed by atoms with E-state index in [1.165, 1.54) is 31.2 Å². The number of aliphatic imine (C=N–C) groups is 1. The summed E-state index contributed by atoms with van der Waals surface area (Å²) < 4.78 is 2.27. The molecule has 2 aromatic rings. The Morgan fingerprint density at radius 3 is 2.79 bits per heavy atom. The van der Waals surface area contributed by atoms with Gasteiger partial charge < -0.3 is 14.8 Å². The van der Waals surface area contributed by atoms with Crippen LogP contribution in [-0.2, 0) is 19.5 Å². The lowest BCUT2D eigenvalue weighted by Crippen LogP contribution is -2.48. The molecule has 29 heavy (non-hydrogen) atoms. The van der Waals surface area contributed by atoms with E-state index in [4.69, 9.17) is 4.99 Å². The van der Waals surface area contributed by atoms with Crippen molar-refractivity contribution in [2.24, 2.45) is 10.9 Å². The molecule has 1 aromatic heterocycles. The van der Waals surface area contributed by atoms with Crippen molar-refractivity contribution in [3.8, 4) is 0 Å². The molecule has 0 amide bonds. The van der Waals surface area contributed by atoms with E-state index in [1.54, 1.807) is 0 Å². The molecule has 2 atom stereocenters. The second-order valence-corrected chi connectivity index (χ2v) is 8.23. The lowest BCUT2D eigenvalue weighted by molar-refractivity contribution is 0.215. The third-order valence-corrected chi connectivity index (χ3v) is 6.43. The minimum Gasteiger partial charge on any atom is -0.357 e. The molecule has 1 fully saturated rings. The van der Waals surface area contributed by atoms with E-state index in [9.17, 15) is 0 Å². The van der Waals surface area contributed by atoms with Crippen molar-refractivity contribution in [3.63, 3.8) is 0 Å². The van der Waals surface area contributed by atoms with Gasteiger partial charge in [0.05, 0.1) is 0 Å². The molecular formula is C23H34N6. The van der Waals surface area contributed by atoms with Crippen molar-refractivity contribution >= 4 is 5.96 Å². The number of hydrogen-bond acceptors (Lipinski definition) is 3. The highest BCUT2D eigenvalue weighted by Gasteiger charge is 2.30. The van der Waals surface area contributed by atoms with Gasteiger partial charge in [-0.2, -0.15) is 0 Å². The summed E-state index contributed by atoms with van der Waals surface area (Å²) in [5.74, 6) is 4.44. The predicted molar refractivity (Wildman–Crippen MR) is 117 cm³/mol. The number of rotatable bonds is 5. The Labute approximate surface area is 174 Å². The summed E-state index contributed by atoms with van der Waals surface area (Å²) in [7, 11) is 0. The van der Waals surface area contributed by atoms with Gasteiger partial charge in [-0.25, -0.2) is 4.99 Å². The van der Waals surface area contributed by atoms with Gasteiger partial charge in [-0.05, 0) is 43.6 Å². The first-order valence-corrected chi connectivity index (χ1v) is 11.3. The Morgan fingerprint density at radius 1 is 1.14 bits per heavy atom. The van der Waals surface area contributed by atoms with Gasteiger partial charge in [0.1, 0.15) is 12.4 Å². The van der Waals surface area contributed by atoms with Crippen LogP contribution in [0.1, 0.15) is 62.7 Å². The molecule has 2 aliphatic rings. The van der Waals surface area contributed by atoms with Gasteiger partial charge in [0.15, 0.2) is 11.8 Å². The molecule has 0 bridgehead atoms. The molecule has 0 spiro atoms. The number of likely N-dealkylation sites (tertiary alicyclic amines) is 1. The summed E-state index contributed by atoms with van der Waals surface area (Å²) in [6.45, 7) is 9.07. The van der Waals surface area contributed by atoms with Crippen LogP contribution in [0.2, 0.25) is 0 Å². The number of hydrogen-bond donors (Lipinski definition) is 1. The summed E-state index contributed by atoms with van der Waals surface area (Å²) in [5, 5.41) is 12.3. The van der Waals surface area contributed by atoms with Crippen LogP contribution >= 0.6 is 0 Å². The van der Waals surface area contributed by atoms with Crippen molar-refractivity contribution in [1.82, 2.24) is 25.0 Å². The molecular weight excluding hydrogens is 360 g/mol. The fourth-order valence-corrected chi connectivity index (χ4v) is 4.83. The zero-order valence-electron chi connectivity index (χ0n) is 17.8. The number of aryl methyl sites for hydroxylation is 1. The minimum atomic E-state index is 0.602. The molecule has 1 aromatic carbocycles. The number of nitrogens with zero attached hydrogens (tertiary/aromatic N) is 5. The van der Waals surface area contributed by atoms with Crippen molar-refractivity contribution in [2.75, 3.05) is 19.6 Å². The van der Waals surface area contributed by atoms with E-state index in [0.29, 0.717) is 18.4 Å². The lowest BCUT2D eigenvalue weighted by atomic mass is 9.79. The largest absolute Gasteiger partial charge is 0.357 e. The highest BCUT2D eigenvalue weighted by Crippen LogP contribution is 2.34. The highest BCUT2D eigenvalue weighted by atomic mass is 15.3. The molecule has 2 aliphatic heterocycles. The number of aromatic nitrogens is 3. The molecule has 3 heterocycles. The second kappa shape index (κ2) is 9.42. The summed E-state index contributed by atoms with van der Waals surface area (Å²) in [4.78, 5) is 7.41. The van der Waals surface area contributed by atoms with Gasteiger partial charge >= 0.3 is 0 Å². The Balaban J connectivity index is 1.47. The van der Waals surface area contributed by atoms with Crippen LogP contribution in [0.25, 0.3) is 0 Å². The lowest BCUT2D eigenvalue weighted by Gasteiger charge is -2.40. The quantitative estimate of drug-likeness (QED) is 0.622. The van der Waals surface area contributed by atoms with Crippen LogP contribution < -0.4 is 5.32 Å². The third kappa shape index (κ3) is 4.46. The zero-order chi connectivity index (χ0) is 20.1. The van der Waals surface area contributed by atoms with E-state index in [2.05, 4.69) is 69.2 Å². The average molecular weight is 395 g/mol. The number of nitrogens with one attached hydrogen (secondary N) is 1. The standard InChI is InChI=1S/C23H34N6/c1-3-18-17-28(15-13-20(18)19-10-6-5-7-11-19)23(24-4-2)25-16-22-27-26-21-12-8-9-14-29(21)22/h5-7,10-11,18,20H,3-4,8-9,12-17H2,1-2H3,(H,24,25). The van der Waals surface area contributed by atoms with E-state index >= 15 is 0 Å². The summed E-state index contributed by atoms with van der Waals surface area (Å²) in [5.41, 5.74) is 1.48. The smallest absolute Gasteiger partial charge is 0.194 e. The maximum atomic E-state index is 4.96. The van der Waals surface area contributed by atoms with E-state index < -0.39 is 0 Å². The SMILES string of the molecule is CCNC(=NCc1nnc2n1CCCC2)N1CCC(c2ccccc2)C(CC)C1. The van der Waals surface area contributed by atoms with Gasteiger partial charge in [0.2, 0.25) is 0 Å². The summed E-state index contributed by atoms with van der Waals surface area (Å²) in [6, 6.07) is 11.0. The number of benzene rings is 1. The van der Waals surface area contributed by atoms with E-state index in [-0.39, 0.29) is 0 Å². The van der Waals surface area contributed by atoms with Crippen LogP contribution in [0.15, 0.2) is 35.3 Å². The summed E-state index contributed by atoms with van der Waals surface area (Å²) >= 11 is 0. The van der Waals surface area contributed by atoms with E-state index in [1.807, 2.05) is 0 Å². The zero-order valence-corrected chi connectivity index (χ0v) is 17.8. The van der Waals surface area contributed by atoms with Gasteiger partial charge in [-0.1, -0.05) is 43.7 Å². The predicted octanol–water partition coefficient (Wildman–Crippen LogP) is 3.60. The first-order chi connectivity index (χ1) is 14.3. The Hall–Kier alpha value is -2.37. The second-order valence-electron chi connectivity index (χ2n) is 8.23. The van der Waals surface area contributed by atoms with Crippen LogP contribution in [0, 0.1) is 5.92 Å². The first-order valence-electron chi connectivity index (χ1n) is 11.3. The minimum absolute atomic E-state index is 0.602. The monoisotopic (exact) mass is 394 g/mol. The van der Waals surface area contributed by atoms with Crippen LogP contribution in [0.3, 0.4) is 0 Å². The average Bonchev–Trinajstić information content (AvgIpc) is 3.20. The Kier molecular flexibility index (Phi) is 6.47. The molecule has 6 heteroatoms. The molecule has 4 rings (SSSR count). The van der Waals surface area contributed by atoms with Crippen molar-refractivity contribution in [1.29, 1.82) is 0 Å². The van der Waals surface area contributed by atoms with Gasteiger partial charge in [0, 0.05) is 32.6 Å². The maximum Gasteiger partial charge on any atom is 0.194 e. The number of fused-ring (bicyclic) bond motifs is 1. The molecule has 1 saturated heterocycles. The fraction of sp³-hybridized carbons (Fsp3) is 0.609. The fourth-order valence-electron chi connectivity index (χ4n) is 4.83. The van der Waals surface area contributed by atoms with Gasteiger partial charge in [-0.15, -0.1) is 10.2 Å². The van der Waals surface area contributed by atoms with Crippen molar-refractivity contribution in [3.05, 3.63) is 47.5 Å². The molecule has 0 saturated carbocycles. The molecule has 1 N–H and O–H groups in total. The molecule has 0 aliphatic carbocycles. The van der Waals surface area contributed by atoms with Gasteiger partial charge in [-0.3, -0.25) is 0 Å². The number of piperidine rings is 1. The molecule has 156 valence electrons. The van der Waals surface area contributed by atoms with Crippen LogP contribution in [-0.4, -0.2) is 45.3 Å². The van der Waals surface area contributed by atoms with Crippen molar-refractivity contribution < 1.29 is 0 Å². The maximum absolute atomic E-state index is 4.96. The topological polar surface area (TPSA) is 58.3 Å². The summed E-state index contributed by atoms with van der Waals surface area (Å²) in [6.07, 6.45) is 5.84. The van der Waals surface area contributed by atoms with E-state index in [0.717, 1.165) is 50.2 Å². The van der Waals surface area contributed by atoms with Crippen LogP contribution in [0.5, 0.6) is 0 Å². The normalized spacial score (nSPS) is 22.4. The Morgan fingerprint density at radius 2 is 2.00 bits per heavy atom. The Bertz CT molecular complexity index is 812. The third-order valence-electron chi connectivity index (χ3n) is 6.43. The van der Waals surface area contributed by atoms with Gasteiger partial charge in [0.25, 0.3) is 0 Å². The first kappa shape index (κ1) is 19.9. The number of guanidine groups is 1. The molecule has 0 radical (unpaired) electrons. The van der Waals surface area contributed by atoms with Crippen LogP contribution in [0.4, 0.5) is 0 Å².